The molecule has 0 bridgehead atoms. The number of benzene rings is 1. The first kappa shape index (κ1) is 23.3. The molecule has 0 spiro atoms. The van der Waals surface area contributed by atoms with Gasteiger partial charge in [0.25, 0.3) is 0 Å². The lowest BCUT2D eigenvalue weighted by atomic mass is 10.0. The van der Waals surface area contributed by atoms with E-state index in [1.54, 1.807) is 13.0 Å². The van der Waals surface area contributed by atoms with E-state index in [-0.39, 0.29) is 23.5 Å². The third-order valence-electron chi connectivity index (χ3n) is 6.18. The molecular formula is C23H36N2O4S. The summed E-state index contributed by atoms with van der Waals surface area (Å²) in [6.07, 6.45) is 6.35. The number of ether oxygens (including phenoxy) is 1. The predicted molar refractivity (Wildman–Crippen MR) is 120 cm³/mol. The third-order valence-corrected chi connectivity index (χ3v) is 8.20. The van der Waals surface area contributed by atoms with Crippen molar-refractivity contribution in [3.63, 3.8) is 0 Å². The van der Waals surface area contributed by atoms with Crippen LogP contribution in [0.2, 0.25) is 0 Å². The summed E-state index contributed by atoms with van der Waals surface area (Å²) < 4.78 is 34.9. The van der Waals surface area contributed by atoms with Crippen molar-refractivity contribution in [2.45, 2.75) is 63.5 Å². The monoisotopic (exact) mass is 436 g/mol. The van der Waals surface area contributed by atoms with Crippen LogP contribution < -0.4 is 4.74 Å². The van der Waals surface area contributed by atoms with E-state index in [9.17, 15) is 13.5 Å². The number of nitrogens with zero attached hydrogens (tertiary/aromatic N) is 2. The summed E-state index contributed by atoms with van der Waals surface area (Å²) in [6.45, 7) is 7.72. The van der Waals surface area contributed by atoms with E-state index in [0.29, 0.717) is 12.3 Å². The first-order valence-electron chi connectivity index (χ1n) is 11.1. The van der Waals surface area contributed by atoms with Crippen molar-refractivity contribution in [2.75, 3.05) is 33.3 Å². The van der Waals surface area contributed by atoms with Crippen molar-refractivity contribution in [1.82, 2.24) is 9.21 Å². The fourth-order valence-corrected chi connectivity index (χ4v) is 6.18. The molecule has 1 aliphatic carbocycles. The van der Waals surface area contributed by atoms with Crippen LogP contribution in [-0.2, 0) is 10.0 Å². The highest BCUT2D eigenvalue weighted by Crippen LogP contribution is 2.37. The van der Waals surface area contributed by atoms with Crippen molar-refractivity contribution in [3.8, 4) is 5.75 Å². The molecule has 0 saturated carbocycles. The summed E-state index contributed by atoms with van der Waals surface area (Å²) in [4.78, 5) is 2.43. The molecule has 7 heteroatoms. The van der Waals surface area contributed by atoms with Gasteiger partial charge < -0.3 is 14.7 Å². The number of likely N-dealkylation sites (N-methyl/N-ethyl adjacent to an activating group) is 1. The second-order valence-electron chi connectivity index (χ2n) is 8.79. The maximum atomic E-state index is 13.5. The van der Waals surface area contributed by atoms with Crippen LogP contribution in [0.1, 0.15) is 52.0 Å². The molecule has 3 rings (SSSR count). The normalized spacial score (nSPS) is 25.2. The second-order valence-corrected chi connectivity index (χ2v) is 10.6. The molecule has 30 heavy (non-hydrogen) atoms. The minimum atomic E-state index is -3.77. The minimum absolute atomic E-state index is 0.0180. The number of allylic oxidation sites excluding steroid dienone is 2. The number of hydrogen-bond donors (Lipinski definition) is 1. The average Bonchev–Trinajstić information content (AvgIpc) is 3.25. The zero-order chi connectivity index (χ0) is 21.9. The van der Waals surface area contributed by atoms with Crippen LogP contribution in [0.25, 0.3) is 5.57 Å². The molecule has 0 unspecified atom stereocenters. The largest absolute Gasteiger partial charge is 0.487 e. The Kier molecular flexibility index (Phi) is 7.61. The standard InChI is InChI=1S/C23H36N2O4S/c1-5-12-24(4)15-22-17(2)14-25(18(3)16-26)30(27,28)23-11-10-20(13-21(23)29-22)19-8-6-7-9-19/h8,10-11,13,17-18,22,26H,5-7,9,12,14-16H2,1-4H3/t17-,18+,22+/m1/s1. The van der Waals surface area contributed by atoms with Gasteiger partial charge in [-0.2, -0.15) is 4.31 Å². The number of fused-ring (bicyclic) bond motifs is 1. The molecule has 1 N–H and O–H groups in total. The molecule has 0 fully saturated rings. The van der Waals surface area contributed by atoms with Gasteiger partial charge in [0.1, 0.15) is 16.7 Å². The Morgan fingerprint density at radius 3 is 2.77 bits per heavy atom. The van der Waals surface area contributed by atoms with Crippen LogP contribution >= 0.6 is 0 Å². The zero-order valence-corrected chi connectivity index (χ0v) is 19.5. The number of aliphatic hydroxyl groups excluding tert-OH is 1. The van der Waals surface area contributed by atoms with Gasteiger partial charge in [-0.05, 0) is 69.5 Å². The van der Waals surface area contributed by atoms with Crippen molar-refractivity contribution in [3.05, 3.63) is 29.8 Å². The Bertz CT molecular complexity index is 868. The predicted octanol–water partition coefficient (Wildman–Crippen LogP) is 3.36. The van der Waals surface area contributed by atoms with Gasteiger partial charge in [0, 0.05) is 25.0 Å². The molecule has 1 aromatic carbocycles. The van der Waals surface area contributed by atoms with Gasteiger partial charge in [0.15, 0.2) is 0 Å². The smallest absolute Gasteiger partial charge is 0.247 e. The average molecular weight is 437 g/mol. The van der Waals surface area contributed by atoms with E-state index in [1.165, 1.54) is 9.88 Å². The van der Waals surface area contributed by atoms with Crippen molar-refractivity contribution in [1.29, 1.82) is 0 Å². The van der Waals surface area contributed by atoms with Crippen LogP contribution in [0.4, 0.5) is 0 Å². The van der Waals surface area contributed by atoms with Crippen LogP contribution in [0, 0.1) is 5.92 Å². The molecule has 1 aromatic rings. The van der Waals surface area contributed by atoms with Gasteiger partial charge in [-0.25, -0.2) is 8.42 Å². The van der Waals surface area contributed by atoms with Gasteiger partial charge >= 0.3 is 0 Å². The lowest BCUT2D eigenvalue weighted by Gasteiger charge is -2.37. The molecule has 1 heterocycles. The van der Waals surface area contributed by atoms with E-state index in [2.05, 4.69) is 24.9 Å². The minimum Gasteiger partial charge on any atom is -0.487 e. The van der Waals surface area contributed by atoms with Crippen molar-refractivity contribution < 1.29 is 18.3 Å². The Hall–Kier alpha value is -1.41. The molecule has 0 aromatic heterocycles. The summed E-state index contributed by atoms with van der Waals surface area (Å²) in [5.74, 6) is 0.410. The van der Waals surface area contributed by atoms with Crippen LogP contribution in [-0.4, -0.2) is 68.2 Å². The SMILES string of the molecule is CCCN(C)C[C@@H]1Oc2cc(C3=CCCC3)ccc2S(=O)(=O)N([C@@H](C)CO)C[C@H]1C. The topological polar surface area (TPSA) is 70.1 Å². The molecule has 0 radical (unpaired) electrons. The second kappa shape index (κ2) is 9.81. The maximum Gasteiger partial charge on any atom is 0.247 e. The van der Waals surface area contributed by atoms with Crippen LogP contribution in [0.5, 0.6) is 5.75 Å². The summed E-state index contributed by atoms with van der Waals surface area (Å²) in [7, 11) is -1.70. The van der Waals surface area contributed by atoms with Crippen LogP contribution in [0.3, 0.4) is 0 Å². The maximum absolute atomic E-state index is 13.5. The molecule has 0 saturated heterocycles. The van der Waals surface area contributed by atoms with Gasteiger partial charge in [0.2, 0.25) is 10.0 Å². The van der Waals surface area contributed by atoms with E-state index in [1.807, 2.05) is 19.1 Å². The molecular weight excluding hydrogens is 400 g/mol. The highest BCUT2D eigenvalue weighted by atomic mass is 32.2. The van der Waals surface area contributed by atoms with Gasteiger partial charge in [-0.3, -0.25) is 0 Å². The summed E-state index contributed by atoms with van der Waals surface area (Å²) in [5, 5.41) is 9.73. The molecule has 2 aliphatic rings. The molecule has 3 atom stereocenters. The van der Waals surface area contributed by atoms with Crippen LogP contribution in [0.15, 0.2) is 29.2 Å². The number of sulfonamides is 1. The molecule has 1 aliphatic heterocycles. The first-order valence-corrected chi connectivity index (χ1v) is 12.5. The number of rotatable bonds is 7. The number of hydrogen-bond acceptors (Lipinski definition) is 5. The number of aliphatic hydroxyl groups is 1. The summed E-state index contributed by atoms with van der Waals surface area (Å²) >= 11 is 0. The van der Waals surface area contributed by atoms with E-state index in [0.717, 1.165) is 44.3 Å². The van der Waals surface area contributed by atoms with Gasteiger partial charge in [0.05, 0.1) is 6.61 Å². The quantitative estimate of drug-likeness (QED) is 0.710. The van der Waals surface area contributed by atoms with E-state index < -0.39 is 16.1 Å². The molecule has 168 valence electrons. The van der Waals surface area contributed by atoms with Crippen molar-refractivity contribution in [2.24, 2.45) is 5.92 Å². The fourth-order valence-electron chi connectivity index (χ4n) is 4.36. The highest BCUT2D eigenvalue weighted by molar-refractivity contribution is 7.89. The Morgan fingerprint density at radius 2 is 2.13 bits per heavy atom. The lowest BCUT2D eigenvalue weighted by molar-refractivity contribution is 0.0752. The third kappa shape index (κ3) is 4.90. The van der Waals surface area contributed by atoms with Crippen molar-refractivity contribution >= 4 is 15.6 Å². The lowest BCUT2D eigenvalue weighted by Crippen LogP contribution is -2.49. The fraction of sp³-hybridized carbons (Fsp3) is 0.652. The zero-order valence-electron chi connectivity index (χ0n) is 18.7. The summed E-state index contributed by atoms with van der Waals surface area (Å²) in [6, 6.07) is 4.98. The summed E-state index contributed by atoms with van der Waals surface area (Å²) in [5.41, 5.74) is 2.30. The Balaban J connectivity index is 2.06. The Morgan fingerprint density at radius 1 is 1.37 bits per heavy atom. The van der Waals surface area contributed by atoms with Gasteiger partial charge in [-0.15, -0.1) is 0 Å². The highest BCUT2D eigenvalue weighted by Gasteiger charge is 2.38. The van der Waals surface area contributed by atoms with E-state index >= 15 is 0 Å². The van der Waals surface area contributed by atoms with E-state index in [4.69, 9.17) is 4.74 Å². The Labute approximate surface area is 181 Å². The molecule has 6 nitrogen and oxygen atoms in total. The first-order chi connectivity index (χ1) is 14.3. The molecule has 0 amide bonds. The van der Waals surface area contributed by atoms with Gasteiger partial charge in [-0.1, -0.05) is 26.0 Å².